The summed E-state index contributed by atoms with van der Waals surface area (Å²) >= 11 is 0. The number of hydrogen-bond acceptors (Lipinski definition) is 0. The Bertz CT molecular complexity index is 64.6. The summed E-state index contributed by atoms with van der Waals surface area (Å²) in [5.74, 6) is 0. The third-order valence-electron chi connectivity index (χ3n) is 0.556. The fourth-order valence-electron chi connectivity index (χ4n) is 0.321. The summed E-state index contributed by atoms with van der Waals surface area (Å²) in [7, 11) is 0. The van der Waals surface area contributed by atoms with Gasteiger partial charge >= 0.3 is 0 Å². The van der Waals surface area contributed by atoms with Gasteiger partial charge in [0.1, 0.15) is 0 Å². The van der Waals surface area contributed by atoms with Gasteiger partial charge in [0.05, 0.1) is 0 Å². The van der Waals surface area contributed by atoms with E-state index in [0.29, 0.717) is 0 Å². The van der Waals surface area contributed by atoms with E-state index in [2.05, 4.69) is 0 Å². The summed E-state index contributed by atoms with van der Waals surface area (Å²) in [6.45, 7) is 0. The average Bonchev–Trinajstić information content (AvgIpc) is 1.76. The maximum absolute atomic E-state index is 2.00. The predicted octanol–water partition coefficient (Wildman–Crippen LogP) is 0.578. The molecule has 0 unspecified atom stereocenters. The summed E-state index contributed by atoms with van der Waals surface area (Å²) < 4.78 is 0. The van der Waals surface area contributed by atoms with Crippen molar-refractivity contribution in [3.63, 3.8) is 0 Å². The molecule has 1 radical (unpaired) electrons. The van der Waals surface area contributed by atoms with Crippen LogP contribution in [-0.4, -0.2) is 5.48 Å². The van der Waals surface area contributed by atoms with Gasteiger partial charge in [0, 0.05) is 20.1 Å². The molecule has 0 spiro atoms. The molecule has 0 fully saturated rings. The van der Waals surface area contributed by atoms with Crippen molar-refractivity contribution in [2.75, 3.05) is 0 Å². The van der Waals surface area contributed by atoms with Gasteiger partial charge in [0.15, 0.2) is 0 Å². The fraction of sp³-hybridized carbons (Fsp3) is 0. The molecule has 1 nitrogen and oxygen atoms in total. The Labute approximate surface area is 56.4 Å². The molecule has 43 valence electrons. The maximum Gasteiger partial charge on any atom is 0 e. The monoisotopic (exact) mass is 276 g/mol. The fourth-order valence-corrected chi connectivity index (χ4v) is 0.321. The molecule has 0 atom stereocenters. The molecule has 2 heteroatoms. The van der Waals surface area contributed by atoms with E-state index in [4.69, 9.17) is 0 Å². The van der Waals surface area contributed by atoms with Crippen LogP contribution in [0.3, 0.4) is 0 Å². The van der Waals surface area contributed by atoms with Gasteiger partial charge in [-0.1, -0.05) is 0 Å². The third-order valence-corrected chi connectivity index (χ3v) is 0.556. The second-order valence-corrected chi connectivity index (χ2v) is 0.962. The van der Waals surface area contributed by atoms with Crippen LogP contribution < -0.4 is 0 Å². The molecule has 0 aliphatic carbocycles. The standard InChI is InChI=1S/C5H5.Ir.H2O/c1-2-4-5-3-1;;/h1-5H;;1H2/q-1;;. The minimum absolute atomic E-state index is 0. The van der Waals surface area contributed by atoms with Crippen molar-refractivity contribution in [1.29, 1.82) is 0 Å². The smallest absolute Gasteiger partial charge is 0 e. The van der Waals surface area contributed by atoms with Gasteiger partial charge in [-0.25, -0.2) is 12.1 Å². The van der Waals surface area contributed by atoms with Crippen molar-refractivity contribution in [3.05, 3.63) is 30.3 Å². The normalized spacial score (nSPS) is 5.71. The Morgan fingerprint density at radius 2 is 1.43 bits per heavy atom. The van der Waals surface area contributed by atoms with Gasteiger partial charge in [-0.15, -0.1) is 0 Å². The Morgan fingerprint density at radius 1 is 1.00 bits per heavy atom. The predicted molar refractivity (Wildman–Crippen MR) is 25.6 cm³/mol. The topological polar surface area (TPSA) is 31.5 Å². The molecule has 0 heterocycles. The van der Waals surface area contributed by atoms with Gasteiger partial charge in [0.25, 0.3) is 0 Å². The molecule has 0 amide bonds. The van der Waals surface area contributed by atoms with Crippen LogP contribution >= 0.6 is 0 Å². The molecule has 0 aliphatic heterocycles. The second kappa shape index (κ2) is 5.96. The molecule has 1 aromatic rings. The molecule has 0 aromatic heterocycles. The molecule has 7 heavy (non-hydrogen) atoms. The van der Waals surface area contributed by atoms with Crippen LogP contribution in [-0.2, 0) is 20.1 Å². The van der Waals surface area contributed by atoms with E-state index in [1.165, 1.54) is 0 Å². The Morgan fingerprint density at radius 3 is 1.57 bits per heavy atom. The van der Waals surface area contributed by atoms with Crippen molar-refractivity contribution < 1.29 is 25.6 Å². The van der Waals surface area contributed by atoms with E-state index in [1.807, 2.05) is 30.3 Å². The van der Waals surface area contributed by atoms with E-state index < -0.39 is 0 Å². The first-order valence-corrected chi connectivity index (χ1v) is 1.67. The van der Waals surface area contributed by atoms with E-state index in [-0.39, 0.29) is 25.6 Å². The molecule has 1 rings (SSSR count). The largest absolute Gasteiger partial charge is 0.412 e. The minimum Gasteiger partial charge on any atom is -0.412 e. The molecule has 0 aliphatic rings. The first-order valence-electron chi connectivity index (χ1n) is 1.67. The van der Waals surface area contributed by atoms with Gasteiger partial charge in [-0.05, 0) is 0 Å². The Kier molecular flexibility index (Phi) is 8.55. The SMILES string of the molecule is O.[Ir].c1cc[cH-]c1. The van der Waals surface area contributed by atoms with E-state index in [0.717, 1.165) is 0 Å². The van der Waals surface area contributed by atoms with Crippen molar-refractivity contribution in [2.45, 2.75) is 0 Å². The van der Waals surface area contributed by atoms with Crippen molar-refractivity contribution in [1.82, 2.24) is 0 Å². The summed E-state index contributed by atoms with van der Waals surface area (Å²) in [6.07, 6.45) is 0. The first-order chi connectivity index (χ1) is 2.50. The zero-order valence-electron chi connectivity index (χ0n) is 3.72. The van der Waals surface area contributed by atoms with E-state index in [1.54, 1.807) is 0 Å². The van der Waals surface area contributed by atoms with E-state index >= 15 is 0 Å². The number of rotatable bonds is 0. The zero-order chi connectivity index (χ0) is 3.54. The molecular weight excluding hydrogens is 268 g/mol. The zero-order valence-corrected chi connectivity index (χ0v) is 6.12. The van der Waals surface area contributed by atoms with Crippen molar-refractivity contribution in [3.8, 4) is 0 Å². The summed E-state index contributed by atoms with van der Waals surface area (Å²) in [5.41, 5.74) is 0. The van der Waals surface area contributed by atoms with Crippen LogP contribution in [0.1, 0.15) is 0 Å². The minimum atomic E-state index is 0. The van der Waals surface area contributed by atoms with E-state index in [9.17, 15) is 0 Å². The first kappa shape index (κ1) is 10.0. The number of hydrogen-bond donors (Lipinski definition) is 0. The molecule has 0 saturated heterocycles. The summed E-state index contributed by atoms with van der Waals surface area (Å²) in [6, 6.07) is 10.0. The van der Waals surface area contributed by atoms with Crippen LogP contribution in [0.4, 0.5) is 0 Å². The van der Waals surface area contributed by atoms with Crippen molar-refractivity contribution >= 4 is 0 Å². The molecule has 1 aromatic carbocycles. The third kappa shape index (κ3) is 3.80. The van der Waals surface area contributed by atoms with Gasteiger partial charge in [-0.2, -0.15) is 18.2 Å². The van der Waals surface area contributed by atoms with Gasteiger partial charge < -0.3 is 5.48 Å². The average molecular weight is 275 g/mol. The van der Waals surface area contributed by atoms with Crippen LogP contribution in [0.15, 0.2) is 30.3 Å². The van der Waals surface area contributed by atoms with Crippen LogP contribution in [0.25, 0.3) is 0 Å². The van der Waals surface area contributed by atoms with Crippen LogP contribution in [0.5, 0.6) is 0 Å². The van der Waals surface area contributed by atoms with Gasteiger partial charge in [0.2, 0.25) is 0 Å². The van der Waals surface area contributed by atoms with Crippen LogP contribution in [0.2, 0.25) is 0 Å². The summed E-state index contributed by atoms with van der Waals surface area (Å²) in [4.78, 5) is 0. The molecule has 0 bridgehead atoms. The summed E-state index contributed by atoms with van der Waals surface area (Å²) in [5, 5.41) is 0. The quantitative estimate of drug-likeness (QED) is 0.620. The van der Waals surface area contributed by atoms with Gasteiger partial charge in [-0.3, -0.25) is 0 Å². The molecule has 0 saturated carbocycles. The Hall–Kier alpha value is -0.0406. The molecule has 2 N–H and O–H groups in total. The van der Waals surface area contributed by atoms with Crippen molar-refractivity contribution in [2.24, 2.45) is 0 Å². The Balaban J connectivity index is 0. The molecular formula is C5H7IrO-. The van der Waals surface area contributed by atoms with Crippen LogP contribution in [0, 0.1) is 0 Å². The maximum atomic E-state index is 2.00. The second-order valence-electron chi connectivity index (χ2n) is 0.962.